The lowest BCUT2D eigenvalue weighted by molar-refractivity contribution is 0.332. The molecule has 13 heavy (non-hydrogen) atoms. The molecule has 1 aromatic rings. The highest BCUT2D eigenvalue weighted by Crippen LogP contribution is 2.27. The number of benzene rings is 1. The molecule has 0 radical (unpaired) electrons. The van der Waals surface area contributed by atoms with Crippen LogP contribution in [0.5, 0.6) is 5.75 Å². The Morgan fingerprint density at radius 2 is 2.31 bits per heavy atom. The number of hydrogen-bond acceptors (Lipinski definition) is 2. The van der Waals surface area contributed by atoms with Crippen LogP contribution in [0.2, 0.25) is 0 Å². The van der Waals surface area contributed by atoms with E-state index in [0.717, 1.165) is 12.3 Å². The lowest BCUT2D eigenvalue weighted by Crippen LogP contribution is -2.48. The van der Waals surface area contributed by atoms with Gasteiger partial charge in [0.15, 0.2) is 0 Å². The molecule has 0 bridgehead atoms. The zero-order valence-electron chi connectivity index (χ0n) is 8.08. The standard InChI is InChI=1S/C11H15NO/c1-8-11(7-12-8)9-4-3-5-10(6-9)13-2/h3-6,8,11-12H,7H2,1-2H3. The van der Waals surface area contributed by atoms with Gasteiger partial charge in [0.2, 0.25) is 0 Å². The number of methoxy groups -OCH3 is 1. The average Bonchev–Trinajstić information content (AvgIpc) is 2.16. The summed E-state index contributed by atoms with van der Waals surface area (Å²) >= 11 is 0. The highest BCUT2D eigenvalue weighted by molar-refractivity contribution is 5.33. The lowest BCUT2D eigenvalue weighted by atomic mass is 9.86. The van der Waals surface area contributed by atoms with Crippen LogP contribution in [0.3, 0.4) is 0 Å². The summed E-state index contributed by atoms with van der Waals surface area (Å²) in [5.41, 5.74) is 1.38. The number of rotatable bonds is 2. The second-order valence-electron chi connectivity index (χ2n) is 3.58. The summed E-state index contributed by atoms with van der Waals surface area (Å²) in [4.78, 5) is 0. The molecule has 0 amide bonds. The Kier molecular flexibility index (Phi) is 2.23. The first-order valence-corrected chi connectivity index (χ1v) is 4.68. The van der Waals surface area contributed by atoms with Crippen LogP contribution >= 0.6 is 0 Å². The molecule has 1 aliphatic heterocycles. The molecule has 1 fully saturated rings. The monoisotopic (exact) mass is 177 g/mol. The first-order chi connectivity index (χ1) is 6.31. The first-order valence-electron chi connectivity index (χ1n) is 4.68. The fourth-order valence-electron chi connectivity index (χ4n) is 1.75. The van der Waals surface area contributed by atoms with Crippen molar-refractivity contribution in [1.29, 1.82) is 0 Å². The van der Waals surface area contributed by atoms with E-state index in [4.69, 9.17) is 4.74 Å². The summed E-state index contributed by atoms with van der Waals surface area (Å²) in [5.74, 6) is 1.62. The van der Waals surface area contributed by atoms with Gasteiger partial charge in [-0.3, -0.25) is 0 Å². The minimum atomic E-state index is 0.604. The molecule has 1 aliphatic rings. The molecule has 0 saturated carbocycles. The average molecular weight is 177 g/mol. The minimum absolute atomic E-state index is 0.604. The normalized spacial score (nSPS) is 26.6. The van der Waals surface area contributed by atoms with Crippen LogP contribution in [0.1, 0.15) is 18.4 Å². The summed E-state index contributed by atoms with van der Waals surface area (Å²) in [6.07, 6.45) is 0. The third-order valence-corrected chi connectivity index (χ3v) is 2.79. The van der Waals surface area contributed by atoms with Gasteiger partial charge in [0.1, 0.15) is 5.75 Å². The van der Waals surface area contributed by atoms with E-state index in [1.807, 2.05) is 6.07 Å². The summed E-state index contributed by atoms with van der Waals surface area (Å²) in [6.45, 7) is 3.31. The van der Waals surface area contributed by atoms with Crippen molar-refractivity contribution in [2.24, 2.45) is 0 Å². The Balaban J connectivity index is 2.20. The van der Waals surface area contributed by atoms with Crippen molar-refractivity contribution in [2.45, 2.75) is 18.9 Å². The van der Waals surface area contributed by atoms with Gasteiger partial charge in [0.05, 0.1) is 7.11 Å². The van der Waals surface area contributed by atoms with Crippen LogP contribution in [-0.4, -0.2) is 19.7 Å². The Morgan fingerprint density at radius 1 is 1.46 bits per heavy atom. The zero-order valence-corrected chi connectivity index (χ0v) is 8.08. The van der Waals surface area contributed by atoms with Crippen LogP contribution in [0, 0.1) is 0 Å². The van der Waals surface area contributed by atoms with Gasteiger partial charge >= 0.3 is 0 Å². The Hall–Kier alpha value is -1.02. The van der Waals surface area contributed by atoms with Crippen molar-refractivity contribution in [3.63, 3.8) is 0 Å². The predicted octanol–water partition coefficient (Wildman–Crippen LogP) is 1.77. The fourth-order valence-corrected chi connectivity index (χ4v) is 1.75. The van der Waals surface area contributed by atoms with E-state index in [1.54, 1.807) is 7.11 Å². The van der Waals surface area contributed by atoms with E-state index in [2.05, 4.69) is 30.4 Å². The lowest BCUT2D eigenvalue weighted by Gasteiger charge is -2.35. The molecule has 0 aliphatic carbocycles. The summed E-state index contributed by atoms with van der Waals surface area (Å²) in [6, 6.07) is 8.94. The molecule has 2 heteroatoms. The molecule has 1 heterocycles. The third-order valence-electron chi connectivity index (χ3n) is 2.79. The van der Waals surface area contributed by atoms with Crippen LogP contribution in [0.25, 0.3) is 0 Å². The van der Waals surface area contributed by atoms with E-state index < -0.39 is 0 Å². The topological polar surface area (TPSA) is 21.3 Å². The Labute approximate surface area is 78.9 Å². The molecule has 2 nitrogen and oxygen atoms in total. The minimum Gasteiger partial charge on any atom is -0.497 e. The van der Waals surface area contributed by atoms with Crippen molar-refractivity contribution < 1.29 is 4.74 Å². The molecule has 2 atom stereocenters. The van der Waals surface area contributed by atoms with Gasteiger partial charge in [-0.2, -0.15) is 0 Å². The van der Waals surface area contributed by atoms with Crippen molar-refractivity contribution in [3.8, 4) is 5.75 Å². The predicted molar refractivity (Wildman–Crippen MR) is 53.2 cm³/mol. The number of nitrogens with one attached hydrogen (secondary N) is 1. The van der Waals surface area contributed by atoms with E-state index in [0.29, 0.717) is 12.0 Å². The van der Waals surface area contributed by atoms with Gasteiger partial charge < -0.3 is 10.1 Å². The van der Waals surface area contributed by atoms with E-state index in [-0.39, 0.29) is 0 Å². The van der Waals surface area contributed by atoms with Crippen LogP contribution in [0.4, 0.5) is 0 Å². The quantitative estimate of drug-likeness (QED) is 0.743. The van der Waals surface area contributed by atoms with Crippen LogP contribution < -0.4 is 10.1 Å². The number of ether oxygens (including phenoxy) is 1. The van der Waals surface area contributed by atoms with E-state index >= 15 is 0 Å². The Bertz CT molecular complexity index is 298. The molecule has 2 unspecified atom stereocenters. The van der Waals surface area contributed by atoms with Crippen molar-refractivity contribution >= 4 is 0 Å². The SMILES string of the molecule is COc1cccc(C2CNC2C)c1. The van der Waals surface area contributed by atoms with Gasteiger partial charge in [0, 0.05) is 18.5 Å². The third kappa shape index (κ3) is 1.54. The molecule has 0 aromatic heterocycles. The summed E-state index contributed by atoms with van der Waals surface area (Å²) in [7, 11) is 1.71. The van der Waals surface area contributed by atoms with Crippen molar-refractivity contribution in [2.75, 3.05) is 13.7 Å². The van der Waals surface area contributed by atoms with Crippen molar-refractivity contribution in [1.82, 2.24) is 5.32 Å². The molecule has 70 valence electrons. The molecule has 1 saturated heterocycles. The summed E-state index contributed by atoms with van der Waals surface area (Å²) in [5, 5.41) is 3.35. The largest absolute Gasteiger partial charge is 0.497 e. The maximum absolute atomic E-state index is 5.19. The number of hydrogen-bond donors (Lipinski definition) is 1. The zero-order chi connectivity index (χ0) is 9.26. The highest BCUT2D eigenvalue weighted by atomic mass is 16.5. The maximum atomic E-state index is 5.19. The van der Waals surface area contributed by atoms with Crippen LogP contribution in [-0.2, 0) is 0 Å². The second-order valence-corrected chi connectivity index (χ2v) is 3.58. The van der Waals surface area contributed by atoms with Gasteiger partial charge in [-0.05, 0) is 24.6 Å². The molecule has 2 rings (SSSR count). The smallest absolute Gasteiger partial charge is 0.119 e. The van der Waals surface area contributed by atoms with Gasteiger partial charge in [-0.1, -0.05) is 12.1 Å². The van der Waals surface area contributed by atoms with E-state index in [9.17, 15) is 0 Å². The van der Waals surface area contributed by atoms with Gasteiger partial charge in [-0.15, -0.1) is 0 Å². The molecule has 0 spiro atoms. The molecule has 1 N–H and O–H groups in total. The molecule has 1 aromatic carbocycles. The first kappa shape index (κ1) is 8.57. The van der Waals surface area contributed by atoms with Crippen molar-refractivity contribution in [3.05, 3.63) is 29.8 Å². The highest BCUT2D eigenvalue weighted by Gasteiger charge is 2.27. The van der Waals surface area contributed by atoms with Gasteiger partial charge in [-0.25, -0.2) is 0 Å². The van der Waals surface area contributed by atoms with E-state index in [1.165, 1.54) is 5.56 Å². The van der Waals surface area contributed by atoms with Crippen LogP contribution in [0.15, 0.2) is 24.3 Å². The fraction of sp³-hybridized carbons (Fsp3) is 0.455. The second kappa shape index (κ2) is 3.38. The summed E-state index contributed by atoms with van der Waals surface area (Å²) < 4.78 is 5.19. The Morgan fingerprint density at radius 3 is 2.85 bits per heavy atom. The molecular weight excluding hydrogens is 162 g/mol. The van der Waals surface area contributed by atoms with Gasteiger partial charge in [0.25, 0.3) is 0 Å². The maximum Gasteiger partial charge on any atom is 0.119 e. The molecular formula is C11H15NO.